The van der Waals surface area contributed by atoms with Crippen LogP contribution in [0.1, 0.15) is 22.8 Å². The number of methoxy groups -OCH3 is 2. The third-order valence-corrected chi connectivity index (χ3v) is 3.33. The van der Waals surface area contributed by atoms with Gasteiger partial charge in [0.15, 0.2) is 0 Å². The van der Waals surface area contributed by atoms with Crippen LogP contribution in [0.5, 0.6) is 11.5 Å². The van der Waals surface area contributed by atoms with Gasteiger partial charge in [0.05, 0.1) is 20.8 Å². The third-order valence-electron chi connectivity index (χ3n) is 3.33. The first-order chi connectivity index (χ1) is 11.2. The quantitative estimate of drug-likeness (QED) is 0.849. The van der Waals surface area contributed by atoms with Gasteiger partial charge in [-0.05, 0) is 37.3 Å². The summed E-state index contributed by atoms with van der Waals surface area (Å²) in [5.41, 5.74) is 2.06. The molecule has 0 aliphatic carbocycles. The van der Waals surface area contributed by atoms with E-state index in [1.807, 2.05) is 25.1 Å². The van der Waals surface area contributed by atoms with E-state index in [1.165, 1.54) is 0 Å². The van der Waals surface area contributed by atoms with Gasteiger partial charge in [-0.2, -0.15) is 0 Å². The average molecular weight is 315 g/mol. The van der Waals surface area contributed by atoms with Gasteiger partial charge in [0.1, 0.15) is 11.5 Å². The van der Waals surface area contributed by atoms with Crippen molar-refractivity contribution in [2.24, 2.45) is 0 Å². The van der Waals surface area contributed by atoms with Gasteiger partial charge in [0.2, 0.25) is 0 Å². The Labute approximate surface area is 136 Å². The lowest BCUT2D eigenvalue weighted by Gasteiger charge is -2.11. The van der Waals surface area contributed by atoms with Gasteiger partial charge in [0, 0.05) is 29.5 Å². The Hall–Kier alpha value is -2.53. The number of ether oxygens (including phenoxy) is 3. The lowest BCUT2D eigenvalue weighted by Crippen LogP contribution is -2.12. The highest BCUT2D eigenvalue weighted by atomic mass is 16.5. The molecule has 5 nitrogen and oxygen atoms in total. The number of hydrogen-bond acceptors (Lipinski definition) is 4. The molecule has 2 aromatic carbocycles. The molecule has 0 saturated carbocycles. The van der Waals surface area contributed by atoms with Crippen LogP contribution in [0, 0.1) is 0 Å². The van der Waals surface area contributed by atoms with Crippen molar-refractivity contribution in [3.8, 4) is 11.5 Å². The first-order valence-electron chi connectivity index (χ1n) is 7.38. The summed E-state index contributed by atoms with van der Waals surface area (Å²) in [5.74, 6) is 1.20. The van der Waals surface area contributed by atoms with E-state index in [-0.39, 0.29) is 5.91 Å². The minimum atomic E-state index is -0.196. The molecule has 1 amide bonds. The molecule has 0 unspecified atom stereocenters. The lowest BCUT2D eigenvalue weighted by molar-refractivity contribution is 0.102. The molecule has 5 heteroatoms. The van der Waals surface area contributed by atoms with Crippen molar-refractivity contribution >= 4 is 11.6 Å². The molecular weight excluding hydrogens is 294 g/mol. The summed E-state index contributed by atoms with van der Waals surface area (Å²) in [5, 5.41) is 2.85. The van der Waals surface area contributed by atoms with Crippen molar-refractivity contribution in [3.63, 3.8) is 0 Å². The molecule has 0 aliphatic rings. The normalized spacial score (nSPS) is 10.2. The van der Waals surface area contributed by atoms with Gasteiger partial charge in [-0.1, -0.05) is 6.07 Å². The van der Waals surface area contributed by atoms with E-state index in [2.05, 4.69) is 5.32 Å². The summed E-state index contributed by atoms with van der Waals surface area (Å²) in [7, 11) is 3.19. The van der Waals surface area contributed by atoms with Crippen LogP contribution >= 0.6 is 0 Å². The summed E-state index contributed by atoms with van der Waals surface area (Å²) in [6.45, 7) is 2.93. The molecule has 0 saturated heterocycles. The van der Waals surface area contributed by atoms with Gasteiger partial charge in [-0.3, -0.25) is 4.79 Å². The molecule has 0 aromatic heterocycles. The predicted molar refractivity (Wildman–Crippen MR) is 89.3 cm³/mol. The Morgan fingerprint density at radius 1 is 1.09 bits per heavy atom. The van der Waals surface area contributed by atoms with Crippen molar-refractivity contribution in [2.45, 2.75) is 13.5 Å². The monoisotopic (exact) mass is 315 g/mol. The van der Waals surface area contributed by atoms with Crippen molar-refractivity contribution < 1.29 is 19.0 Å². The second kappa shape index (κ2) is 8.19. The van der Waals surface area contributed by atoms with Gasteiger partial charge in [-0.25, -0.2) is 0 Å². The molecule has 0 bridgehead atoms. The second-order valence-electron chi connectivity index (χ2n) is 4.85. The lowest BCUT2D eigenvalue weighted by atomic mass is 10.1. The highest BCUT2D eigenvalue weighted by Crippen LogP contribution is 2.22. The van der Waals surface area contributed by atoms with Crippen molar-refractivity contribution in [2.75, 3.05) is 26.1 Å². The average Bonchev–Trinajstić information content (AvgIpc) is 2.59. The van der Waals surface area contributed by atoms with E-state index in [4.69, 9.17) is 14.2 Å². The van der Waals surface area contributed by atoms with E-state index in [9.17, 15) is 4.79 Å². The van der Waals surface area contributed by atoms with Crippen molar-refractivity contribution in [1.82, 2.24) is 0 Å². The molecule has 0 radical (unpaired) electrons. The number of carbonyl (C=O) groups excluding carboxylic acids is 1. The Bertz CT molecular complexity index is 670. The maximum atomic E-state index is 12.4. The molecule has 23 heavy (non-hydrogen) atoms. The SMILES string of the molecule is CCOCc1cc(C(=O)Nc2cccc(OC)c2)ccc1OC. The number of benzene rings is 2. The molecule has 2 aromatic rings. The third kappa shape index (κ3) is 4.47. The summed E-state index contributed by atoms with van der Waals surface area (Å²) in [6, 6.07) is 12.5. The van der Waals surface area contributed by atoms with E-state index < -0.39 is 0 Å². The zero-order valence-corrected chi connectivity index (χ0v) is 13.6. The number of nitrogens with one attached hydrogen (secondary N) is 1. The number of rotatable bonds is 7. The largest absolute Gasteiger partial charge is 0.497 e. The molecule has 0 heterocycles. The Kier molecular flexibility index (Phi) is 6.00. The van der Waals surface area contributed by atoms with E-state index in [0.29, 0.717) is 36.0 Å². The Morgan fingerprint density at radius 2 is 1.91 bits per heavy atom. The van der Waals surface area contributed by atoms with Crippen molar-refractivity contribution in [3.05, 3.63) is 53.6 Å². The van der Waals surface area contributed by atoms with Gasteiger partial charge < -0.3 is 19.5 Å². The fourth-order valence-corrected chi connectivity index (χ4v) is 2.15. The Morgan fingerprint density at radius 3 is 2.61 bits per heavy atom. The summed E-state index contributed by atoms with van der Waals surface area (Å²) in [6.07, 6.45) is 0. The fourth-order valence-electron chi connectivity index (χ4n) is 2.15. The zero-order chi connectivity index (χ0) is 16.7. The molecule has 2 rings (SSSR count). The topological polar surface area (TPSA) is 56.8 Å². The second-order valence-corrected chi connectivity index (χ2v) is 4.85. The fraction of sp³-hybridized carbons (Fsp3) is 0.278. The van der Waals surface area contributed by atoms with E-state index in [1.54, 1.807) is 38.5 Å². The molecule has 122 valence electrons. The molecule has 0 atom stereocenters. The van der Waals surface area contributed by atoms with Gasteiger partial charge >= 0.3 is 0 Å². The van der Waals surface area contributed by atoms with Crippen LogP contribution in [0.4, 0.5) is 5.69 Å². The van der Waals surface area contributed by atoms with Crippen LogP contribution in [-0.2, 0) is 11.3 Å². The summed E-state index contributed by atoms with van der Waals surface area (Å²) in [4.78, 5) is 12.4. The molecular formula is C18H21NO4. The number of carbonyl (C=O) groups is 1. The van der Waals surface area contributed by atoms with Gasteiger partial charge in [0.25, 0.3) is 5.91 Å². The Balaban J connectivity index is 2.17. The van der Waals surface area contributed by atoms with Crippen LogP contribution in [0.2, 0.25) is 0 Å². The van der Waals surface area contributed by atoms with Crippen LogP contribution in [0.15, 0.2) is 42.5 Å². The van der Waals surface area contributed by atoms with Crippen molar-refractivity contribution in [1.29, 1.82) is 0 Å². The predicted octanol–water partition coefficient (Wildman–Crippen LogP) is 3.49. The van der Waals surface area contributed by atoms with E-state index in [0.717, 1.165) is 5.56 Å². The molecule has 0 spiro atoms. The first kappa shape index (κ1) is 16.8. The minimum absolute atomic E-state index is 0.196. The van der Waals surface area contributed by atoms with Gasteiger partial charge in [-0.15, -0.1) is 0 Å². The maximum Gasteiger partial charge on any atom is 0.255 e. The summed E-state index contributed by atoms with van der Waals surface area (Å²) >= 11 is 0. The van der Waals surface area contributed by atoms with Crippen LogP contribution in [-0.4, -0.2) is 26.7 Å². The molecule has 0 fully saturated rings. The maximum absolute atomic E-state index is 12.4. The van der Waals surface area contributed by atoms with Crippen LogP contribution in [0.25, 0.3) is 0 Å². The van der Waals surface area contributed by atoms with Crippen LogP contribution < -0.4 is 14.8 Å². The molecule has 0 aliphatic heterocycles. The highest BCUT2D eigenvalue weighted by molar-refractivity contribution is 6.04. The zero-order valence-electron chi connectivity index (χ0n) is 13.6. The minimum Gasteiger partial charge on any atom is -0.497 e. The highest BCUT2D eigenvalue weighted by Gasteiger charge is 2.11. The smallest absolute Gasteiger partial charge is 0.255 e. The number of anilines is 1. The number of amides is 1. The first-order valence-corrected chi connectivity index (χ1v) is 7.38. The summed E-state index contributed by atoms with van der Waals surface area (Å²) < 4.78 is 15.9. The molecule has 1 N–H and O–H groups in total. The van der Waals surface area contributed by atoms with Crippen LogP contribution in [0.3, 0.4) is 0 Å². The standard InChI is InChI=1S/C18H21NO4/c1-4-23-12-14-10-13(8-9-17(14)22-3)18(20)19-15-6-5-7-16(11-15)21-2/h5-11H,4,12H2,1-3H3,(H,19,20). The van der Waals surface area contributed by atoms with E-state index >= 15 is 0 Å². The number of hydrogen-bond donors (Lipinski definition) is 1.